The molecule has 0 bridgehead atoms. The van der Waals surface area contributed by atoms with E-state index in [1.807, 2.05) is 19.9 Å². The van der Waals surface area contributed by atoms with E-state index in [0.717, 1.165) is 24.2 Å². The fourth-order valence-corrected chi connectivity index (χ4v) is 3.30. The first-order valence-corrected chi connectivity index (χ1v) is 7.81. The Labute approximate surface area is 132 Å². The number of hydrogen-bond acceptors (Lipinski definition) is 3. The van der Waals surface area contributed by atoms with Gasteiger partial charge in [-0.3, -0.25) is 4.79 Å². The summed E-state index contributed by atoms with van der Waals surface area (Å²) in [5.41, 5.74) is 1.66. The Kier molecular flexibility index (Phi) is 4.36. The Balaban J connectivity index is 2.29. The van der Waals surface area contributed by atoms with E-state index in [9.17, 15) is 9.59 Å². The third kappa shape index (κ3) is 2.76. The SMILES string of the molecule is COC(=O)C(C)(NC(=O)c1cc(C)n(C(C)C)c1C)C1CC1. The molecule has 1 aliphatic carbocycles. The van der Waals surface area contributed by atoms with Gasteiger partial charge in [0, 0.05) is 17.4 Å². The molecule has 122 valence electrons. The highest BCUT2D eigenvalue weighted by atomic mass is 16.5. The Morgan fingerprint density at radius 1 is 1.36 bits per heavy atom. The molecule has 1 heterocycles. The van der Waals surface area contributed by atoms with Crippen LogP contribution in [0, 0.1) is 19.8 Å². The highest BCUT2D eigenvalue weighted by molar-refractivity contribution is 5.99. The van der Waals surface area contributed by atoms with E-state index >= 15 is 0 Å². The number of esters is 1. The molecule has 1 N–H and O–H groups in total. The Morgan fingerprint density at radius 2 is 1.95 bits per heavy atom. The van der Waals surface area contributed by atoms with Gasteiger partial charge in [0.05, 0.1) is 12.7 Å². The van der Waals surface area contributed by atoms with E-state index in [0.29, 0.717) is 5.56 Å². The van der Waals surface area contributed by atoms with Crippen molar-refractivity contribution in [3.8, 4) is 0 Å². The van der Waals surface area contributed by atoms with E-state index in [-0.39, 0.29) is 23.8 Å². The molecule has 0 aromatic carbocycles. The number of carbonyl (C=O) groups excluding carboxylic acids is 2. The quantitative estimate of drug-likeness (QED) is 0.851. The molecule has 1 aliphatic rings. The van der Waals surface area contributed by atoms with Gasteiger partial charge in [0.1, 0.15) is 5.54 Å². The molecule has 1 atom stereocenters. The molecule has 1 aromatic heterocycles. The lowest BCUT2D eigenvalue weighted by Gasteiger charge is -2.28. The van der Waals surface area contributed by atoms with Crippen LogP contribution in [0.1, 0.15) is 61.4 Å². The van der Waals surface area contributed by atoms with Gasteiger partial charge in [0.25, 0.3) is 5.91 Å². The maximum absolute atomic E-state index is 12.7. The normalized spacial score (nSPS) is 17.2. The van der Waals surface area contributed by atoms with Crippen molar-refractivity contribution in [3.63, 3.8) is 0 Å². The fourth-order valence-electron chi connectivity index (χ4n) is 3.30. The van der Waals surface area contributed by atoms with Crippen LogP contribution in [-0.2, 0) is 9.53 Å². The summed E-state index contributed by atoms with van der Waals surface area (Å²) in [6.45, 7) is 9.86. The van der Waals surface area contributed by atoms with Crippen molar-refractivity contribution in [2.45, 2.75) is 59.0 Å². The Bertz CT molecular complexity index is 599. The summed E-state index contributed by atoms with van der Waals surface area (Å²) in [4.78, 5) is 24.8. The molecular formula is C17H26N2O3. The van der Waals surface area contributed by atoms with Gasteiger partial charge in [-0.25, -0.2) is 4.79 Å². The number of carbonyl (C=O) groups is 2. The molecule has 1 fully saturated rings. The van der Waals surface area contributed by atoms with Crippen LogP contribution in [0.3, 0.4) is 0 Å². The number of amides is 1. The third-order valence-corrected chi connectivity index (χ3v) is 4.62. The molecule has 2 rings (SSSR count). The Hall–Kier alpha value is -1.78. The number of hydrogen-bond donors (Lipinski definition) is 1. The molecule has 5 heteroatoms. The molecule has 1 aromatic rings. The summed E-state index contributed by atoms with van der Waals surface area (Å²) in [6, 6.07) is 2.17. The van der Waals surface area contributed by atoms with E-state index in [1.165, 1.54) is 7.11 Å². The van der Waals surface area contributed by atoms with Gasteiger partial charge in [-0.15, -0.1) is 0 Å². The summed E-state index contributed by atoms with van der Waals surface area (Å²) < 4.78 is 7.02. The lowest BCUT2D eigenvalue weighted by atomic mass is 9.95. The second-order valence-electron chi connectivity index (χ2n) is 6.67. The average Bonchev–Trinajstić information content (AvgIpc) is 3.23. The van der Waals surface area contributed by atoms with Crippen LogP contribution in [0.25, 0.3) is 0 Å². The number of methoxy groups -OCH3 is 1. The van der Waals surface area contributed by atoms with Crippen LogP contribution in [0.15, 0.2) is 6.07 Å². The minimum Gasteiger partial charge on any atom is -0.467 e. The van der Waals surface area contributed by atoms with Crippen molar-refractivity contribution in [1.29, 1.82) is 0 Å². The fraction of sp³-hybridized carbons (Fsp3) is 0.647. The molecule has 0 radical (unpaired) electrons. The first-order chi connectivity index (χ1) is 10.2. The van der Waals surface area contributed by atoms with Crippen molar-refractivity contribution in [2.75, 3.05) is 7.11 Å². The van der Waals surface area contributed by atoms with Gasteiger partial charge in [0.2, 0.25) is 0 Å². The number of aromatic nitrogens is 1. The number of nitrogens with one attached hydrogen (secondary N) is 1. The summed E-state index contributed by atoms with van der Waals surface area (Å²) in [5, 5.41) is 2.92. The van der Waals surface area contributed by atoms with Crippen LogP contribution in [-0.4, -0.2) is 29.1 Å². The topological polar surface area (TPSA) is 60.3 Å². The predicted molar refractivity (Wildman–Crippen MR) is 84.9 cm³/mol. The molecule has 5 nitrogen and oxygen atoms in total. The van der Waals surface area contributed by atoms with E-state index < -0.39 is 5.54 Å². The van der Waals surface area contributed by atoms with Crippen LogP contribution < -0.4 is 5.32 Å². The molecular weight excluding hydrogens is 280 g/mol. The number of rotatable bonds is 5. The van der Waals surface area contributed by atoms with Crippen molar-refractivity contribution in [2.24, 2.45) is 5.92 Å². The van der Waals surface area contributed by atoms with Gasteiger partial charge in [-0.2, -0.15) is 0 Å². The lowest BCUT2D eigenvalue weighted by molar-refractivity contribution is -0.148. The van der Waals surface area contributed by atoms with Crippen molar-refractivity contribution >= 4 is 11.9 Å². The highest BCUT2D eigenvalue weighted by Crippen LogP contribution is 2.40. The van der Waals surface area contributed by atoms with Crippen molar-refractivity contribution in [3.05, 3.63) is 23.0 Å². The Morgan fingerprint density at radius 3 is 2.36 bits per heavy atom. The van der Waals surface area contributed by atoms with E-state index in [4.69, 9.17) is 4.74 Å². The van der Waals surface area contributed by atoms with Gasteiger partial charge in [-0.05, 0) is 59.4 Å². The van der Waals surface area contributed by atoms with Gasteiger partial charge in [0.15, 0.2) is 0 Å². The van der Waals surface area contributed by atoms with Crippen LogP contribution in [0.2, 0.25) is 0 Å². The van der Waals surface area contributed by atoms with E-state index in [2.05, 4.69) is 23.7 Å². The first-order valence-electron chi connectivity index (χ1n) is 7.81. The van der Waals surface area contributed by atoms with Crippen molar-refractivity contribution in [1.82, 2.24) is 9.88 Å². The van der Waals surface area contributed by atoms with Gasteiger partial charge in [-0.1, -0.05) is 0 Å². The van der Waals surface area contributed by atoms with Crippen molar-refractivity contribution < 1.29 is 14.3 Å². The average molecular weight is 306 g/mol. The summed E-state index contributed by atoms with van der Waals surface area (Å²) in [7, 11) is 1.36. The van der Waals surface area contributed by atoms with Gasteiger partial charge < -0.3 is 14.6 Å². The molecule has 1 unspecified atom stereocenters. The number of ether oxygens (including phenoxy) is 1. The second kappa shape index (κ2) is 5.78. The zero-order chi connectivity index (χ0) is 16.7. The lowest BCUT2D eigenvalue weighted by Crippen LogP contribution is -2.54. The number of aryl methyl sites for hydroxylation is 1. The largest absolute Gasteiger partial charge is 0.467 e. The molecule has 1 amide bonds. The second-order valence-corrected chi connectivity index (χ2v) is 6.67. The zero-order valence-electron chi connectivity index (χ0n) is 14.3. The third-order valence-electron chi connectivity index (χ3n) is 4.62. The maximum atomic E-state index is 12.7. The van der Waals surface area contributed by atoms with Crippen LogP contribution in [0.5, 0.6) is 0 Å². The number of nitrogens with zero attached hydrogens (tertiary/aromatic N) is 1. The summed E-state index contributed by atoms with van der Waals surface area (Å²) in [6.07, 6.45) is 1.88. The van der Waals surface area contributed by atoms with Gasteiger partial charge >= 0.3 is 5.97 Å². The molecule has 22 heavy (non-hydrogen) atoms. The van der Waals surface area contributed by atoms with Crippen LogP contribution >= 0.6 is 0 Å². The zero-order valence-corrected chi connectivity index (χ0v) is 14.3. The minimum absolute atomic E-state index is 0.164. The molecule has 0 saturated heterocycles. The highest BCUT2D eigenvalue weighted by Gasteiger charge is 2.49. The van der Waals surface area contributed by atoms with E-state index in [1.54, 1.807) is 6.92 Å². The minimum atomic E-state index is -0.938. The molecule has 1 saturated carbocycles. The summed E-state index contributed by atoms with van der Waals surface area (Å²) in [5.74, 6) is -0.418. The smallest absolute Gasteiger partial charge is 0.331 e. The maximum Gasteiger partial charge on any atom is 0.331 e. The standard InChI is InChI=1S/C17H26N2O3/c1-10(2)19-11(3)9-14(12(19)4)15(20)18-17(5,13-7-8-13)16(21)22-6/h9-10,13H,7-8H2,1-6H3,(H,18,20). The summed E-state index contributed by atoms with van der Waals surface area (Å²) >= 11 is 0. The monoisotopic (exact) mass is 306 g/mol. The first kappa shape index (κ1) is 16.6. The predicted octanol–water partition coefficient (Wildman–Crippen LogP) is 2.76. The van der Waals surface area contributed by atoms with Crippen LogP contribution in [0.4, 0.5) is 0 Å². The molecule has 0 spiro atoms. The molecule has 0 aliphatic heterocycles.